The SMILES string of the molecule is [OH2+]C1CC[I-]C1. The third kappa shape index (κ3) is 1.08. The van der Waals surface area contributed by atoms with E-state index >= 15 is 0 Å². The van der Waals surface area contributed by atoms with Crippen molar-refractivity contribution in [1.29, 1.82) is 0 Å². The van der Waals surface area contributed by atoms with Gasteiger partial charge in [-0.15, -0.1) is 0 Å². The van der Waals surface area contributed by atoms with Crippen LogP contribution in [0.15, 0.2) is 0 Å². The molecular formula is C4H9IO. The molecule has 0 aromatic carbocycles. The number of rotatable bonds is 0. The minimum atomic E-state index is 0.345. The van der Waals surface area contributed by atoms with Crippen molar-refractivity contribution in [3.63, 3.8) is 0 Å². The van der Waals surface area contributed by atoms with Gasteiger partial charge in [0.05, 0.1) is 0 Å². The molecule has 0 aliphatic carbocycles. The number of alkyl halides is 2. The van der Waals surface area contributed by atoms with E-state index in [2.05, 4.69) is 0 Å². The van der Waals surface area contributed by atoms with E-state index in [9.17, 15) is 0 Å². The van der Waals surface area contributed by atoms with Crippen LogP contribution < -0.4 is 21.2 Å². The van der Waals surface area contributed by atoms with Gasteiger partial charge in [0.1, 0.15) is 0 Å². The predicted molar refractivity (Wildman–Crippen MR) is 21.8 cm³/mol. The number of hydrogen-bond donors (Lipinski definition) is 0. The number of hydrogen-bond acceptors (Lipinski definition) is 0. The summed E-state index contributed by atoms with van der Waals surface area (Å²) in [6.07, 6.45) is 1.55. The summed E-state index contributed by atoms with van der Waals surface area (Å²) in [6, 6.07) is 0. The zero-order valence-electron chi connectivity index (χ0n) is 3.58. The molecule has 1 nitrogen and oxygen atoms in total. The Morgan fingerprint density at radius 2 is 2.50 bits per heavy atom. The van der Waals surface area contributed by atoms with Crippen molar-refractivity contribution in [3.8, 4) is 0 Å². The van der Waals surface area contributed by atoms with Gasteiger partial charge >= 0.3 is 47.7 Å². The Balaban J connectivity index is 2.18. The van der Waals surface area contributed by atoms with E-state index < -0.39 is 0 Å². The van der Waals surface area contributed by atoms with Gasteiger partial charge in [-0.05, 0) is 0 Å². The summed E-state index contributed by atoms with van der Waals surface area (Å²) in [7, 11) is 0. The van der Waals surface area contributed by atoms with E-state index in [-0.39, 0.29) is 0 Å². The first-order valence-electron chi connectivity index (χ1n) is 2.14. The van der Waals surface area contributed by atoms with E-state index in [1.165, 1.54) is 15.3 Å². The molecule has 0 aromatic rings. The molecule has 0 bridgehead atoms. The van der Waals surface area contributed by atoms with Crippen molar-refractivity contribution in [1.82, 2.24) is 0 Å². The van der Waals surface area contributed by atoms with E-state index in [1.54, 1.807) is 0 Å². The van der Waals surface area contributed by atoms with Crippen molar-refractivity contribution in [3.05, 3.63) is 0 Å². The molecule has 6 heavy (non-hydrogen) atoms. The molecule has 1 aliphatic heterocycles. The average molecular weight is 200 g/mol. The minimum absolute atomic E-state index is 0.345. The summed E-state index contributed by atoms with van der Waals surface area (Å²) >= 11 is 0.514. The standard InChI is InChI=1S/C4H8IO/c6-4-1-2-5-3-4/h4,6H,1-3H2/q-1/p+1. The Hall–Kier alpha value is 0.690. The quantitative estimate of drug-likeness (QED) is 0.221. The van der Waals surface area contributed by atoms with Crippen LogP contribution in [0.2, 0.25) is 0 Å². The van der Waals surface area contributed by atoms with Crippen LogP contribution in [0.3, 0.4) is 0 Å². The summed E-state index contributed by atoms with van der Waals surface area (Å²) in [5.74, 6) is 0. The maximum absolute atomic E-state index is 7.16. The van der Waals surface area contributed by atoms with Gasteiger partial charge in [0, 0.05) is 0 Å². The topological polar surface area (TPSA) is 22.9 Å². The van der Waals surface area contributed by atoms with E-state index in [0.717, 1.165) is 0 Å². The Kier molecular flexibility index (Phi) is 1.71. The Labute approximate surface area is 48.0 Å². The molecule has 0 spiro atoms. The molecule has 1 fully saturated rings. The first kappa shape index (κ1) is 4.84. The molecule has 0 aromatic heterocycles. The van der Waals surface area contributed by atoms with Crippen LogP contribution in [0.4, 0.5) is 0 Å². The molecule has 0 saturated carbocycles. The molecule has 1 rings (SSSR count). The van der Waals surface area contributed by atoms with Gasteiger partial charge in [-0.25, -0.2) is 0 Å². The first-order valence-corrected chi connectivity index (χ1v) is 5.19. The second kappa shape index (κ2) is 2.12. The molecule has 2 N–H and O–H groups in total. The van der Waals surface area contributed by atoms with Gasteiger partial charge in [-0.3, -0.25) is 0 Å². The van der Waals surface area contributed by atoms with Crippen LogP contribution in [0, 0.1) is 0 Å². The predicted octanol–water partition coefficient (Wildman–Crippen LogP) is -3.43. The first-order chi connectivity index (χ1) is 2.89. The third-order valence-electron chi connectivity index (χ3n) is 0.887. The van der Waals surface area contributed by atoms with Gasteiger partial charge in [-0.2, -0.15) is 0 Å². The van der Waals surface area contributed by atoms with Crippen molar-refractivity contribution in [2.24, 2.45) is 0 Å². The molecule has 1 saturated heterocycles. The fourth-order valence-corrected chi connectivity index (χ4v) is 3.32. The van der Waals surface area contributed by atoms with Gasteiger partial charge in [-0.1, -0.05) is 0 Å². The monoisotopic (exact) mass is 200 g/mol. The molecule has 1 atom stereocenters. The fourth-order valence-electron chi connectivity index (χ4n) is 0.495. The number of halogens is 1. The average Bonchev–Trinajstić information content (AvgIpc) is 1.86. The second-order valence-corrected chi connectivity index (χ2v) is 4.56. The molecule has 0 radical (unpaired) electrons. The van der Waals surface area contributed by atoms with Crippen LogP contribution >= 0.6 is 0 Å². The normalized spacial score (nSPS) is 35.8. The summed E-state index contributed by atoms with van der Waals surface area (Å²) in [5, 5.41) is 7.16. The molecule has 1 unspecified atom stereocenters. The van der Waals surface area contributed by atoms with Crippen molar-refractivity contribution >= 4 is 0 Å². The Bertz CT molecular complexity index is 40.8. The van der Waals surface area contributed by atoms with Crippen molar-refractivity contribution in [2.75, 3.05) is 8.86 Å². The Morgan fingerprint density at radius 3 is 2.67 bits per heavy atom. The molecule has 38 valence electrons. The van der Waals surface area contributed by atoms with Gasteiger partial charge in [0.25, 0.3) is 0 Å². The van der Waals surface area contributed by atoms with Crippen LogP contribution in [-0.2, 0) is 0 Å². The maximum atomic E-state index is 7.16. The van der Waals surface area contributed by atoms with Crippen LogP contribution in [0.25, 0.3) is 0 Å². The van der Waals surface area contributed by atoms with Gasteiger partial charge in [0.2, 0.25) is 0 Å². The van der Waals surface area contributed by atoms with Crippen LogP contribution in [-0.4, -0.2) is 20.1 Å². The zero-order valence-corrected chi connectivity index (χ0v) is 5.73. The van der Waals surface area contributed by atoms with Crippen molar-refractivity contribution < 1.29 is 26.3 Å². The van der Waals surface area contributed by atoms with Gasteiger partial charge in [0.15, 0.2) is 0 Å². The summed E-state index contributed by atoms with van der Waals surface area (Å²) in [5.41, 5.74) is 0. The summed E-state index contributed by atoms with van der Waals surface area (Å²) in [4.78, 5) is 0. The molecular weight excluding hydrogens is 191 g/mol. The molecule has 2 heteroatoms. The third-order valence-corrected chi connectivity index (χ3v) is 3.96. The molecule has 1 heterocycles. The van der Waals surface area contributed by atoms with Gasteiger partial charge < -0.3 is 0 Å². The summed E-state index contributed by atoms with van der Waals surface area (Å²) < 4.78 is 2.67. The van der Waals surface area contributed by atoms with E-state index in [4.69, 9.17) is 5.11 Å². The Morgan fingerprint density at radius 1 is 1.67 bits per heavy atom. The second-order valence-electron chi connectivity index (χ2n) is 1.52. The summed E-state index contributed by atoms with van der Waals surface area (Å²) in [6.45, 7) is 0. The van der Waals surface area contributed by atoms with E-state index in [0.29, 0.717) is 27.3 Å². The van der Waals surface area contributed by atoms with Crippen molar-refractivity contribution in [2.45, 2.75) is 12.5 Å². The zero-order chi connectivity index (χ0) is 4.41. The van der Waals surface area contributed by atoms with Crippen LogP contribution in [0.5, 0.6) is 0 Å². The molecule has 0 amide bonds. The fraction of sp³-hybridized carbons (Fsp3) is 1.00. The van der Waals surface area contributed by atoms with Crippen LogP contribution in [0.1, 0.15) is 6.42 Å². The molecule has 1 aliphatic rings. The van der Waals surface area contributed by atoms with E-state index in [1.807, 2.05) is 0 Å².